The number of benzene rings is 1. The van der Waals surface area contributed by atoms with Crippen molar-refractivity contribution in [2.75, 3.05) is 13.1 Å². The molecule has 0 spiro atoms. The van der Waals surface area contributed by atoms with Gasteiger partial charge in [-0.3, -0.25) is 9.69 Å². The molecule has 3 nitrogen and oxygen atoms in total. The molecule has 2 unspecified atom stereocenters. The molecule has 1 aliphatic heterocycles. The van der Waals surface area contributed by atoms with Crippen molar-refractivity contribution < 1.29 is 9.90 Å². The Balaban J connectivity index is 1.82. The Labute approximate surface area is 118 Å². The van der Waals surface area contributed by atoms with Gasteiger partial charge in [-0.15, -0.1) is 0 Å². The molecule has 0 bridgehead atoms. The molecule has 0 radical (unpaired) electrons. The van der Waals surface area contributed by atoms with E-state index in [0.717, 1.165) is 30.8 Å². The van der Waals surface area contributed by atoms with E-state index >= 15 is 0 Å². The van der Waals surface area contributed by atoms with Crippen molar-refractivity contribution in [2.45, 2.75) is 32.2 Å². The summed E-state index contributed by atoms with van der Waals surface area (Å²) in [6, 6.07) is 6.45. The average molecular weight is 280 g/mol. The summed E-state index contributed by atoms with van der Waals surface area (Å²) >= 11 is 6.03. The molecule has 1 saturated heterocycles. The monoisotopic (exact) mass is 279 g/mol. The van der Waals surface area contributed by atoms with E-state index in [1.165, 1.54) is 11.1 Å². The first-order chi connectivity index (χ1) is 8.99. The van der Waals surface area contributed by atoms with E-state index in [1.54, 1.807) is 0 Å². The summed E-state index contributed by atoms with van der Waals surface area (Å²) in [6.45, 7) is 3.37. The van der Waals surface area contributed by atoms with Gasteiger partial charge in [0, 0.05) is 17.6 Å². The van der Waals surface area contributed by atoms with Gasteiger partial charge in [-0.2, -0.15) is 0 Å². The molecule has 4 heteroatoms. The lowest BCUT2D eigenvalue weighted by Crippen LogP contribution is -2.33. The summed E-state index contributed by atoms with van der Waals surface area (Å²) in [6.07, 6.45) is 2.86. The van der Waals surface area contributed by atoms with Crippen LogP contribution >= 0.6 is 11.6 Å². The quantitative estimate of drug-likeness (QED) is 0.904. The van der Waals surface area contributed by atoms with Gasteiger partial charge in [-0.25, -0.2) is 0 Å². The Morgan fingerprint density at radius 1 is 1.53 bits per heavy atom. The van der Waals surface area contributed by atoms with Crippen molar-refractivity contribution in [3.8, 4) is 0 Å². The third-order valence-corrected chi connectivity index (χ3v) is 4.85. The van der Waals surface area contributed by atoms with Gasteiger partial charge >= 0.3 is 5.97 Å². The van der Waals surface area contributed by atoms with Crippen molar-refractivity contribution in [2.24, 2.45) is 5.41 Å². The summed E-state index contributed by atoms with van der Waals surface area (Å²) in [7, 11) is 0. The van der Waals surface area contributed by atoms with E-state index in [9.17, 15) is 9.90 Å². The maximum atomic E-state index is 11.3. The summed E-state index contributed by atoms with van der Waals surface area (Å²) < 4.78 is 0. The number of rotatable bonds is 2. The van der Waals surface area contributed by atoms with Gasteiger partial charge in [-0.1, -0.05) is 17.7 Å². The molecule has 1 aromatic carbocycles. The van der Waals surface area contributed by atoms with E-state index in [2.05, 4.69) is 11.0 Å². The van der Waals surface area contributed by atoms with Crippen LogP contribution in [0.2, 0.25) is 5.02 Å². The Bertz CT molecular complexity index is 531. The highest BCUT2D eigenvalue weighted by molar-refractivity contribution is 6.30. The van der Waals surface area contributed by atoms with Crippen molar-refractivity contribution in [3.63, 3.8) is 0 Å². The number of halogens is 1. The molecule has 2 aliphatic rings. The average Bonchev–Trinajstić information content (AvgIpc) is 2.93. The summed E-state index contributed by atoms with van der Waals surface area (Å²) in [5, 5.41) is 10.1. The van der Waals surface area contributed by atoms with Gasteiger partial charge in [0.15, 0.2) is 0 Å². The molecule has 1 N–H and O–H groups in total. The molecule has 0 amide bonds. The maximum absolute atomic E-state index is 11.3. The number of hydrogen-bond donors (Lipinski definition) is 1. The fourth-order valence-corrected chi connectivity index (χ4v) is 3.57. The lowest BCUT2D eigenvalue weighted by atomic mass is 9.90. The largest absolute Gasteiger partial charge is 0.481 e. The zero-order valence-corrected chi connectivity index (χ0v) is 11.8. The van der Waals surface area contributed by atoms with Crippen molar-refractivity contribution >= 4 is 17.6 Å². The van der Waals surface area contributed by atoms with Crippen LogP contribution in [0.4, 0.5) is 0 Å². The molecular weight excluding hydrogens is 262 g/mol. The Kier molecular flexibility index (Phi) is 3.06. The second-order valence-electron chi connectivity index (χ2n) is 5.98. The van der Waals surface area contributed by atoms with Crippen LogP contribution in [0.5, 0.6) is 0 Å². The predicted octanol–water partition coefficient (Wildman–Crippen LogP) is 3.12. The minimum Gasteiger partial charge on any atom is -0.481 e. The molecule has 1 aromatic rings. The standard InChI is InChI=1S/C15H18ClNO2/c1-15(14(18)19)6-7-17(9-15)13-5-2-10-8-11(16)3-4-12(10)13/h3-4,8,13H,2,5-7,9H2,1H3,(H,18,19). The molecule has 1 aliphatic carbocycles. The Morgan fingerprint density at radius 3 is 3.00 bits per heavy atom. The van der Waals surface area contributed by atoms with Gasteiger partial charge < -0.3 is 5.11 Å². The highest BCUT2D eigenvalue weighted by Crippen LogP contribution is 2.42. The minimum atomic E-state index is -0.677. The number of likely N-dealkylation sites (tertiary alicyclic amines) is 1. The molecule has 0 aromatic heterocycles. The first-order valence-corrected chi connectivity index (χ1v) is 7.13. The first-order valence-electron chi connectivity index (χ1n) is 6.75. The number of carboxylic acids is 1. The van der Waals surface area contributed by atoms with Gasteiger partial charge in [0.05, 0.1) is 5.41 Å². The Hall–Kier alpha value is -1.06. The van der Waals surface area contributed by atoms with Crippen LogP contribution in [0.15, 0.2) is 18.2 Å². The Morgan fingerprint density at radius 2 is 2.32 bits per heavy atom. The van der Waals surface area contributed by atoms with E-state index in [1.807, 2.05) is 19.1 Å². The normalized spacial score (nSPS) is 30.5. The molecule has 1 heterocycles. The topological polar surface area (TPSA) is 40.5 Å². The molecular formula is C15H18ClNO2. The fourth-order valence-electron chi connectivity index (χ4n) is 3.38. The molecule has 102 valence electrons. The van der Waals surface area contributed by atoms with Gasteiger partial charge in [0.25, 0.3) is 0 Å². The second kappa shape index (κ2) is 4.50. The molecule has 0 saturated carbocycles. The number of fused-ring (bicyclic) bond motifs is 1. The van der Waals surface area contributed by atoms with Crippen molar-refractivity contribution in [1.82, 2.24) is 4.90 Å². The highest BCUT2D eigenvalue weighted by Gasteiger charge is 2.43. The number of aryl methyl sites for hydroxylation is 1. The van der Waals surface area contributed by atoms with Crippen LogP contribution in [0.25, 0.3) is 0 Å². The lowest BCUT2D eigenvalue weighted by Gasteiger charge is -2.26. The number of carboxylic acid groups (broad SMARTS) is 1. The summed E-state index contributed by atoms with van der Waals surface area (Å²) in [5.41, 5.74) is 2.07. The third-order valence-electron chi connectivity index (χ3n) is 4.61. The summed E-state index contributed by atoms with van der Waals surface area (Å²) in [4.78, 5) is 13.7. The maximum Gasteiger partial charge on any atom is 0.310 e. The zero-order chi connectivity index (χ0) is 13.6. The van der Waals surface area contributed by atoms with Crippen LogP contribution in [0.1, 0.15) is 36.9 Å². The fraction of sp³-hybridized carbons (Fsp3) is 0.533. The predicted molar refractivity (Wildman–Crippen MR) is 74.4 cm³/mol. The summed E-state index contributed by atoms with van der Waals surface area (Å²) in [5.74, 6) is -0.677. The van der Waals surface area contributed by atoms with E-state index in [4.69, 9.17) is 11.6 Å². The first kappa shape index (κ1) is 12.9. The third kappa shape index (κ3) is 2.15. The van der Waals surface area contributed by atoms with Crippen LogP contribution in [-0.2, 0) is 11.2 Å². The number of carbonyl (C=O) groups is 1. The smallest absolute Gasteiger partial charge is 0.310 e. The van der Waals surface area contributed by atoms with E-state index < -0.39 is 11.4 Å². The van der Waals surface area contributed by atoms with Gasteiger partial charge in [0.1, 0.15) is 0 Å². The number of aliphatic carboxylic acids is 1. The molecule has 2 atom stereocenters. The van der Waals surface area contributed by atoms with Crippen LogP contribution in [-0.4, -0.2) is 29.1 Å². The lowest BCUT2D eigenvalue weighted by molar-refractivity contribution is -0.147. The molecule has 3 rings (SSSR count). The van der Waals surface area contributed by atoms with E-state index in [-0.39, 0.29) is 0 Å². The molecule has 1 fully saturated rings. The van der Waals surface area contributed by atoms with E-state index in [0.29, 0.717) is 12.6 Å². The van der Waals surface area contributed by atoms with Crippen molar-refractivity contribution in [1.29, 1.82) is 0 Å². The van der Waals surface area contributed by atoms with Crippen LogP contribution < -0.4 is 0 Å². The highest BCUT2D eigenvalue weighted by atomic mass is 35.5. The van der Waals surface area contributed by atoms with Crippen molar-refractivity contribution in [3.05, 3.63) is 34.3 Å². The molecule has 19 heavy (non-hydrogen) atoms. The zero-order valence-electron chi connectivity index (χ0n) is 11.0. The van der Waals surface area contributed by atoms with Gasteiger partial charge in [0.2, 0.25) is 0 Å². The van der Waals surface area contributed by atoms with Gasteiger partial charge in [-0.05, 0) is 56.0 Å². The number of nitrogens with zero attached hydrogens (tertiary/aromatic N) is 1. The minimum absolute atomic E-state index is 0.369. The van der Waals surface area contributed by atoms with Crippen LogP contribution in [0, 0.1) is 5.41 Å². The number of hydrogen-bond acceptors (Lipinski definition) is 2. The second-order valence-corrected chi connectivity index (χ2v) is 6.42. The van der Waals surface area contributed by atoms with Crippen LogP contribution in [0.3, 0.4) is 0 Å². The SMILES string of the molecule is CC1(C(=O)O)CCN(C2CCc3cc(Cl)ccc32)C1.